The molecule has 1 heterocycles. The van der Waals surface area contributed by atoms with E-state index in [-0.39, 0.29) is 35.1 Å². The van der Waals surface area contributed by atoms with Gasteiger partial charge in [-0.2, -0.15) is 0 Å². The largest absolute Gasteiger partial charge is 0.496 e. The lowest BCUT2D eigenvalue weighted by Crippen LogP contribution is -2.41. The van der Waals surface area contributed by atoms with Crippen molar-refractivity contribution in [3.63, 3.8) is 0 Å². The number of nitrogens with one attached hydrogen (secondary N) is 1. The van der Waals surface area contributed by atoms with Gasteiger partial charge in [0.2, 0.25) is 5.91 Å². The number of hydrogen-bond donors (Lipinski definition) is 2. The van der Waals surface area contributed by atoms with E-state index in [1.807, 2.05) is 13.0 Å². The molecule has 0 saturated carbocycles. The van der Waals surface area contributed by atoms with Crippen molar-refractivity contribution in [2.45, 2.75) is 6.92 Å². The molecule has 0 aliphatic carbocycles. The second-order valence-electron chi connectivity index (χ2n) is 6.19. The number of carbonyl (C=O) groups is 3. The Labute approximate surface area is 165 Å². The fourth-order valence-corrected chi connectivity index (χ4v) is 3.06. The monoisotopic (exact) mass is 404 g/mol. The quantitative estimate of drug-likeness (QED) is 0.583. The van der Waals surface area contributed by atoms with E-state index in [1.54, 1.807) is 17.0 Å². The third kappa shape index (κ3) is 4.01. The van der Waals surface area contributed by atoms with Crippen LogP contribution in [-0.4, -0.2) is 43.2 Å². The summed E-state index contributed by atoms with van der Waals surface area (Å²) in [5.74, 6) is -1.64. The number of nitrogens with zero attached hydrogens (tertiary/aromatic N) is 1. The van der Waals surface area contributed by atoms with Crippen LogP contribution >= 0.6 is 11.6 Å². The second-order valence-corrected chi connectivity index (χ2v) is 6.59. The number of aromatic carboxylic acids is 1. The van der Waals surface area contributed by atoms with E-state index in [1.165, 1.54) is 19.2 Å². The molecule has 9 heteroatoms. The van der Waals surface area contributed by atoms with Crippen molar-refractivity contribution in [1.82, 2.24) is 0 Å². The number of fused-ring (bicyclic) bond motifs is 1. The first kappa shape index (κ1) is 19.5. The molecule has 0 atom stereocenters. The van der Waals surface area contributed by atoms with Crippen LogP contribution in [0.4, 0.5) is 11.4 Å². The summed E-state index contributed by atoms with van der Waals surface area (Å²) in [5.41, 5.74) is 1.64. The van der Waals surface area contributed by atoms with Crippen LogP contribution in [0.2, 0.25) is 5.02 Å². The van der Waals surface area contributed by atoms with E-state index in [0.717, 1.165) is 5.56 Å². The number of halogens is 1. The fourth-order valence-electron chi connectivity index (χ4n) is 2.85. The summed E-state index contributed by atoms with van der Waals surface area (Å²) in [6, 6.07) is 7.90. The van der Waals surface area contributed by atoms with Crippen molar-refractivity contribution in [3.05, 3.63) is 46.5 Å². The van der Waals surface area contributed by atoms with Crippen molar-refractivity contribution in [1.29, 1.82) is 0 Å². The molecule has 0 unspecified atom stereocenters. The number of anilines is 2. The molecule has 0 spiro atoms. The first-order chi connectivity index (χ1) is 13.3. The summed E-state index contributed by atoms with van der Waals surface area (Å²) in [5, 5.41) is 11.8. The highest BCUT2D eigenvalue weighted by Crippen LogP contribution is 2.33. The van der Waals surface area contributed by atoms with Gasteiger partial charge in [-0.15, -0.1) is 0 Å². The van der Waals surface area contributed by atoms with Crippen LogP contribution < -0.4 is 19.7 Å². The molecule has 0 aromatic heterocycles. The molecule has 2 aromatic carbocycles. The number of benzene rings is 2. The molecule has 0 saturated heterocycles. The molecule has 8 nitrogen and oxygen atoms in total. The number of carboxylic acid groups (broad SMARTS) is 1. The molecule has 0 radical (unpaired) electrons. The number of carboxylic acids is 1. The Balaban J connectivity index is 1.80. The number of amides is 1. The maximum atomic E-state index is 12.5. The molecule has 0 fully saturated rings. The average molecular weight is 405 g/mol. The summed E-state index contributed by atoms with van der Waals surface area (Å²) in [6.45, 7) is 1.68. The van der Waals surface area contributed by atoms with E-state index in [9.17, 15) is 19.5 Å². The van der Waals surface area contributed by atoms with Crippen molar-refractivity contribution in [2.24, 2.45) is 0 Å². The standard InChI is InChI=1S/C19H17ClN2O6/c1-10-3-4-14-16(5-10)28-18(24)9-22(14)8-17(23)21-13-7-15(27-2)11(19(25)26)6-12(13)20/h3-7H,8-9H2,1-2H3,(H,21,23)(H,25,26). The Kier molecular flexibility index (Phi) is 5.41. The Hall–Kier alpha value is -3.26. The van der Waals surface area contributed by atoms with Gasteiger partial charge in [0.1, 0.15) is 17.9 Å². The maximum absolute atomic E-state index is 12.5. The number of rotatable bonds is 5. The van der Waals surface area contributed by atoms with Crippen molar-refractivity contribution in [3.8, 4) is 11.5 Å². The lowest BCUT2D eigenvalue weighted by molar-refractivity contribution is -0.133. The molecule has 2 aromatic rings. The smallest absolute Gasteiger partial charge is 0.339 e. The molecular formula is C19H17ClN2O6. The topological polar surface area (TPSA) is 105 Å². The fraction of sp³-hybridized carbons (Fsp3) is 0.211. The average Bonchev–Trinajstić information content (AvgIpc) is 2.62. The molecule has 146 valence electrons. The Morgan fingerprint density at radius 1 is 1.32 bits per heavy atom. The Bertz CT molecular complexity index is 975. The molecule has 0 bridgehead atoms. The normalized spacial score (nSPS) is 12.8. The number of esters is 1. The first-order valence-corrected chi connectivity index (χ1v) is 8.63. The van der Waals surface area contributed by atoms with Crippen LogP contribution in [0.3, 0.4) is 0 Å². The summed E-state index contributed by atoms with van der Waals surface area (Å²) in [4.78, 5) is 37.2. The van der Waals surface area contributed by atoms with Gasteiger partial charge in [-0.05, 0) is 30.7 Å². The van der Waals surface area contributed by atoms with Crippen LogP contribution in [0.25, 0.3) is 0 Å². The van der Waals surface area contributed by atoms with Crippen molar-refractivity contribution < 1.29 is 29.0 Å². The summed E-state index contributed by atoms with van der Waals surface area (Å²) < 4.78 is 10.3. The zero-order chi connectivity index (χ0) is 20.4. The first-order valence-electron chi connectivity index (χ1n) is 8.25. The van der Waals surface area contributed by atoms with E-state index in [0.29, 0.717) is 11.4 Å². The second kappa shape index (κ2) is 7.77. The van der Waals surface area contributed by atoms with E-state index >= 15 is 0 Å². The van der Waals surface area contributed by atoms with Crippen LogP contribution in [0, 0.1) is 6.92 Å². The van der Waals surface area contributed by atoms with Crippen LogP contribution in [-0.2, 0) is 9.59 Å². The Morgan fingerprint density at radius 2 is 2.07 bits per heavy atom. The highest BCUT2D eigenvalue weighted by atomic mass is 35.5. The summed E-state index contributed by atoms with van der Waals surface area (Å²) in [6.07, 6.45) is 0. The number of methoxy groups -OCH3 is 1. The molecule has 1 aliphatic heterocycles. The van der Waals surface area contributed by atoms with E-state index in [4.69, 9.17) is 21.1 Å². The van der Waals surface area contributed by atoms with Crippen molar-refractivity contribution >= 4 is 40.8 Å². The van der Waals surface area contributed by atoms with Gasteiger partial charge >= 0.3 is 11.9 Å². The lowest BCUT2D eigenvalue weighted by Gasteiger charge is -2.29. The number of carbonyl (C=O) groups excluding carboxylic acids is 2. The van der Waals surface area contributed by atoms with E-state index < -0.39 is 17.8 Å². The minimum Gasteiger partial charge on any atom is -0.496 e. The molecule has 2 N–H and O–H groups in total. The lowest BCUT2D eigenvalue weighted by atomic mass is 10.1. The zero-order valence-corrected chi connectivity index (χ0v) is 15.9. The Morgan fingerprint density at radius 3 is 2.75 bits per heavy atom. The zero-order valence-electron chi connectivity index (χ0n) is 15.1. The number of hydrogen-bond acceptors (Lipinski definition) is 6. The molecule has 1 aliphatic rings. The highest BCUT2D eigenvalue weighted by Gasteiger charge is 2.26. The van der Waals surface area contributed by atoms with Gasteiger partial charge in [-0.25, -0.2) is 9.59 Å². The number of ether oxygens (including phenoxy) is 2. The summed E-state index contributed by atoms with van der Waals surface area (Å²) >= 11 is 6.09. The molecule has 28 heavy (non-hydrogen) atoms. The minimum absolute atomic E-state index is 0.0561. The van der Waals surface area contributed by atoms with Crippen LogP contribution in [0.1, 0.15) is 15.9 Å². The van der Waals surface area contributed by atoms with Gasteiger partial charge in [0.15, 0.2) is 5.75 Å². The summed E-state index contributed by atoms with van der Waals surface area (Å²) in [7, 11) is 1.32. The van der Waals surface area contributed by atoms with Gasteiger partial charge < -0.3 is 24.8 Å². The highest BCUT2D eigenvalue weighted by molar-refractivity contribution is 6.34. The molecule has 3 rings (SSSR count). The predicted molar refractivity (Wildman–Crippen MR) is 103 cm³/mol. The van der Waals surface area contributed by atoms with Crippen molar-refractivity contribution in [2.75, 3.05) is 30.4 Å². The van der Waals surface area contributed by atoms with Crippen LogP contribution in [0.15, 0.2) is 30.3 Å². The van der Waals surface area contributed by atoms with Crippen LogP contribution in [0.5, 0.6) is 11.5 Å². The number of aryl methyl sites for hydroxylation is 1. The minimum atomic E-state index is -1.20. The molecule has 1 amide bonds. The van der Waals surface area contributed by atoms with Gasteiger partial charge in [-0.1, -0.05) is 17.7 Å². The molecular weight excluding hydrogens is 388 g/mol. The maximum Gasteiger partial charge on any atom is 0.339 e. The van der Waals surface area contributed by atoms with Gasteiger partial charge in [-0.3, -0.25) is 4.79 Å². The third-order valence-electron chi connectivity index (χ3n) is 4.13. The van der Waals surface area contributed by atoms with Gasteiger partial charge in [0.25, 0.3) is 0 Å². The SMILES string of the molecule is COc1cc(NC(=O)CN2CC(=O)Oc3cc(C)ccc32)c(Cl)cc1C(=O)O. The van der Waals surface area contributed by atoms with Gasteiger partial charge in [0.05, 0.1) is 30.1 Å². The third-order valence-corrected chi connectivity index (χ3v) is 4.44. The van der Waals surface area contributed by atoms with E-state index in [2.05, 4.69) is 5.32 Å². The predicted octanol–water partition coefficient (Wildman–Crippen LogP) is 2.72. The van der Waals surface area contributed by atoms with Gasteiger partial charge in [0, 0.05) is 6.07 Å².